The highest BCUT2D eigenvalue weighted by atomic mass is 32.2. The van der Waals surface area contributed by atoms with Gasteiger partial charge in [0.2, 0.25) is 0 Å². The van der Waals surface area contributed by atoms with Gasteiger partial charge in [-0.25, -0.2) is 0 Å². The van der Waals surface area contributed by atoms with E-state index in [0.29, 0.717) is 18.6 Å². The van der Waals surface area contributed by atoms with Crippen molar-refractivity contribution in [3.05, 3.63) is 29.3 Å². The molecule has 2 aliphatic carbocycles. The molecule has 1 aromatic rings. The minimum atomic E-state index is -1.11. The summed E-state index contributed by atoms with van der Waals surface area (Å²) in [5.41, 5.74) is 2.76. The molecule has 0 heterocycles. The van der Waals surface area contributed by atoms with Gasteiger partial charge in [0.15, 0.2) is 0 Å². The van der Waals surface area contributed by atoms with E-state index < -0.39 is 11.4 Å². The molecule has 2 unspecified atom stereocenters. The normalized spacial score (nSPS) is 28.6. The monoisotopic (exact) mass is 407 g/mol. The van der Waals surface area contributed by atoms with Crippen LogP contribution < -0.4 is 9.46 Å². The summed E-state index contributed by atoms with van der Waals surface area (Å²) in [5.74, 6) is 1.41. The molecule has 5 heteroatoms. The van der Waals surface area contributed by atoms with Gasteiger partial charge in [0, 0.05) is 18.5 Å². The lowest BCUT2D eigenvalue weighted by Gasteiger charge is -2.42. The van der Waals surface area contributed by atoms with E-state index in [4.69, 9.17) is 9.47 Å². The third kappa shape index (κ3) is 4.69. The molecule has 0 aliphatic heterocycles. The van der Waals surface area contributed by atoms with E-state index in [1.54, 1.807) is 0 Å². The molecule has 0 amide bonds. The highest BCUT2D eigenvalue weighted by Crippen LogP contribution is 2.55. The SMILES string of the molecule is CO[C@H]1CC[C@]2(CC1)Cc1ccc(OCC(C)C)cc1C2N[S+]([O-])C(C)(C)C. The first kappa shape index (κ1) is 21.9. The zero-order valence-electron chi connectivity index (χ0n) is 18.3. The Bertz CT molecular complexity index is 662. The summed E-state index contributed by atoms with van der Waals surface area (Å²) in [5, 5.41) is 0. The first-order valence-corrected chi connectivity index (χ1v) is 11.8. The number of nitrogens with one attached hydrogen (secondary N) is 1. The van der Waals surface area contributed by atoms with Gasteiger partial charge < -0.3 is 14.0 Å². The third-order valence-corrected chi connectivity index (χ3v) is 7.77. The van der Waals surface area contributed by atoms with Crippen LogP contribution in [0.4, 0.5) is 0 Å². The smallest absolute Gasteiger partial charge is 0.136 e. The van der Waals surface area contributed by atoms with E-state index >= 15 is 0 Å². The number of benzene rings is 1. The maximum atomic E-state index is 13.0. The van der Waals surface area contributed by atoms with Crippen molar-refractivity contribution in [2.24, 2.45) is 11.3 Å². The van der Waals surface area contributed by atoms with Crippen LogP contribution in [0.15, 0.2) is 18.2 Å². The second-order valence-electron chi connectivity index (χ2n) is 9.97. The number of hydrogen-bond acceptors (Lipinski definition) is 4. The molecule has 1 N–H and O–H groups in total. The van der Waals surface area contributed by atoms with Crippen molar-refractivity contribution < 1.29 is 14.0 Å². The summed E-state index contributed by atoms with van der Waals surface area (Å²) in [6, 6.07) is 6.60. The van der Waals surface area contributed by atoms with Crippen molar-refractivity contribution in [2.45, 2.75) is 83.6 Å². The fourth-order valence-corrected chi connectivity index (χ4v) is 5.45. The van der Waals surface area contributed by atoms with Gasteiger partial charge in [0.1, 0.15) is 10.5 Å². The molecule has 1 spiro atoms. The Morgan fingerprint density at radius 1 is 1.25 bits per heavy atom. The molecule has 0 radical (unpaired) electrons. The predicted molar refractivity (Wildman–Crippen MR) is 116 cm³/mol. The van der Waals surface area contributed by atoms with Gasteiger partial charge in [-0.3, -0.25) is 0 Å². The standard InChI is InChI=1S/C23H37NO3S/c1-16(2)15-27-19-8-7-17-14-23(11-9-18(26-6)10-12-23)21(20(17)13-19)24-28(25)22(3,4)5/h7-8,13,16,18,21,24H,9-12,14-15H2,1-6H3/t18-,21?,23-,28?. The molecule has 1 saturated carbocycles. The number of methoxy groups -OCH3 is 1. The van der Waals surface area contributed by atoms with E-state index in [9.17, 15) is 4.55 Å². The van der Waals surface area contributed by atoms with Crippen LogP contribution in [-0.2, 0) is 22.5 Å². The van der Waals surface area contributed by atoms with E-state index in [-0.39, 0.29) is 16.2 Å². The van der Waals surface area contributed by atoms with E-state index in [1.165, 1.54) is 11.1 Å². The molecule has 158 valence electrons. The molecular formula is C23H37NO3S. The van der Waals surface area contributed by atoms with Crippen LogP contribution in [0.25, 0.3) is 0 Å². The van der Waals surface area contributed by atoms with Crippen LogP contribution in [0.5, 0.6) is 5.75 Å². The lowest BCUT2D eigenvalue weighted by Crippen LogP contribution is -2.47. The summed E-state index contributed by atoms with van der Waals surface area (Å²) < 4.78 is 27.9. The second kappa shape index (κ2) is 8.55. The average Bonchev–Trinajstić information content (AvgIpc) is 2.92. The fourth-order valence-electron chi connectivity index (χ4n) is 4.51. The summed E-state index contributed by atoms with van der Waals surface area (Å²) in [6.45, 7) is 11.1. The lowest BCUT2D eigenvalue weighted by atomic mass is 9.69. The van der Waals surface area contributed by atoms with Crippen molar-refractivity contribution >= 4 is 11.4 Å². The second-order valence-corrected chi connectivity index (χ2v) is 12.0. The summed E-state index contributed by atoms with van der Waals surface area (Å²) >= 11 is -1.11. The first-order valence-electron chi connectivity index (χ1n) is 10.6. The van der Waals surface area contributed by atoms with Crippen molar-refractivity contribution in [1.29, 1.82) is 0 Å². The Hall–Kier alpha value is -0.750. The lowest BCUT2D eigenvalue weighted by molar-refractivity contribution is 0.0186. The molecule has 1 fully saturated rings. The van der Waals surface area contributed by atoms with Crippen molar-refractivity contribution in [3.63, 3.8) is 0 Å². The molecule has 2 aliphatic rings. The molecule has 0 saturated heterocycles. The van der Waals surface area contributed by atoms with Crippen LogP contribution in [0.2, 0.25) is 0 Å². The Balaban J connectivity index is 1.89. The number of ether oxygens (including phenoxy) is 2. The number of fused-ring (bicyclic) bond motifs is 1. The first-order chi connectivity index (χ1) is 13.1. The van der Waals surface area contributed by atoms with Gasteiger partial charge in [-0.05, 0) is 87.5 Å². The van der Waals surface area contributed by atoms with Gasteiger partial charge in [0.25, 0.3) is 0 Å². The highest BCUT2D eigenvalue weighted by Gasteiger charge is 2.50. The fraction of sp³-hybridized carbons (Fsp3) is 0.739. The van der Waals surface area contributed by atoms with Gasteiger partial charge in [0.05, 0.1) is 18.8 Å². The largest absolute Gasteiger partial charge is 0.598 e. The number of hydrogen-bond donors (Lipinski definition) is 1. The van der Waals surface area contributed by atoms with E-state index in [1.807, 2.05) is 27.9 Å². The van der Waals surface area contributed by atoms with Crippen molar-refractivity contribution in [3.8, 4) is 5.75 Å². The molecule has 28 heavy (non-hydrogen) atoms. The third-order valence-electron chi connectivity index (χ3n) is 6.21. The summed E-state index contributed by atoms with van der Waals surface area (Å²) in [6.07, 6.45) is 5.74. The van der Waals surface area contributed by atoms with Crippen molar-refractivity contribution in [2.75, 3.05) is 13.7 Å². The van der Waals surface area contributed by atoms with Gasteiger partial charge >= 0.3 is 0 Å². The quantitative estimate of drug-likeness (QED) is 0.678. The van der Waals surface area contributed by atoms with E-state index in [0.717, 1.165) is 37.9 Å². The van der Waals surface area contributed by atoms with Crippen LogP contribution in [-0.4, -0.2) is 29.1 Å². The van der Waals surface area contributed by atoms with Crippen LogP contribution >= 0.6 is 0 Å². The molecule has 1 aromatic carbocycles. The van der Waals surface area contributed by atoms with E-state index in [2.05, 4.69) is 36.8 Å². The average molecular weight is 408 g/mol. The summed E-state index contributed by atoms with van der Waals surface area (Å²) in [7, 11) is 1.81. The summed E-state index contributed by atoms with van der Waals surface area (Å²) in [4.78, 5) is 0. The molecule has 3 rings (SSSR count). The Labute approximate surface area is 174 Å². The highest BCUT2D eigenvalue weighted by molar-refractivity contribution is 7.90. The zero-order valence-corrected chi connectivity index (χ0v) is 19.2. The van der Waals surface area contributed by atoms with Gasteiger partial charge in [-0.15, -0.1) is 4.72 Å². The maximum absolute atomic E-state index is 13.0. The maximum Gasteiger partial charge on any atom is 0.136 e. The number of rotatable bonds is 6. The predicted octanol–water partition coefficient (Wildman–Crippen LogP) is 4.95. The molecule has 4 nitrogen and oxygen atoms in total. The topological polar surface area (TPSA) is 53.5 Å². The zero-order chi connectivity index (χ0) is 20.5. The minimum absolute atomic E-state index is 0.1000. The van der Waals surface area contributed by atoms with Gasteiger partial charge in [-0.1, -0.05) is 19.9 Å². The van der Waals surface area contributed by atoms with Crippen molar-refractivity contribution in [1.82, 2.24) is 4.72 Å². The Morgan fingerprint density at radius 3 is 2.50 bits per heavy atom. The molecular weight excluding hydrogens is 370 g/mol. The van der Waals surface area contributed by atoms with Crippen LogP contribution in [0.3, 0.4) is 0 Å². The Kier molecular flexibility index (Phi) is 6.70. The Morgan fingerprint density at radius 2 is 1.93 bits per heavy atom. The minimum Gasteiger partial charge on any atom is -0.598 e. The molecule has 2 atom stereocenters. The molecule has 0 bridgehead atoms. The molecule has 0 aromatic heterocycles. The van der Waals surface area contributed by atoms with Crippen LogP contribution in [0.1, 0.15) is 77.5 Å². The van der Waals surface area contributed by atoms with Crippen LogP contribution in [0, 0.1) is 11.3 Å². The van der Waals surface area contributed by atoms with Gasteiger partial charge in [-0.2, -0.15) is 0 Å².